The zero-order chi connectivity index (χ0) is 18.1. The third-order valence-electron chi connectivity index (χ3n) is 5.65. The van der Waals surface area contributed by atoms with E-state index in [1.54, 1.807) is 11.1 Å². The standard InChI is InChI=1S/C25H32/c1-16(2)23-15-19-11-7-8-12-20(19)24(17(3)4)25(18(5)6)22-14-10-9-13-21(22)23/h7-14,16-18,23H,15H2,1-6H3/b25-24-. The van der Waals surface area contributed by atoms with Gasteiger partial charge in [0.1, 0.15) is 0 Å². The maximum Gasteiger partial charge on any atom is -0.00921 e. The van der Waals surface area contributed by atoms with Gasteiger partial charge in [-0.2, -0.15) is 0 Å². The van der Waals surface area contributed by atoms with Crippen LogP contribution in [-0.4, -0.2) is 0 Å². The zero-order valence-corrected chi connectivity index (χ0v) is 16.6. The van der Waals surface area contributed by atoms with Gasteiger partial charge in [-0.15, -0.1) is 0 Å². The Kier molecular flexibility index (Phi) is 5.18. The molecule has 0 amide bonds. The number of benzene rings is 2. The van der Waals surface area contributed by atoms with Crippen LogP contribution in [0.5, 0.6) is 0 Å². The third kappa shape index (κ3) is 3.32. The SMILES string of the molecule is CC(C)/C1=C(\C(C)C)c2ccccc2C(C(C)C)Cc2ccccc21. The first-order valence-electron chi connectivity index (χ1n) is 9.83. The molecular weight excluding hydrogens is 300 g/mol. The second kappa shape index (κ2) is 7.20. The first-order valence-corrected chi connectivity index (χ1v) is 9.83. The predicted octanol–water partition coefficient (Wildman–Crippen LogP) is 7.21. The van der Waals surface area contributed by atoms with Gasteiger partial charge in [0, 0.05) is 0 Å². The van der Waals surface area contributed by atoms with Crippen molar-refractivity contribution < 1.29 is 0 Å². The van der Waals surface area contributed by atoms with Crippen molar-refractivity contribution in [2.24, 2.45) is 17.8 Å². The lowest BCUT2D eigenvalue weighted by atomic mass is 9.71. The minimum Gasteiger partial charge on any atom is -0.0622 e. The van der Waals surface area contributed by atoms with E-state index in [1.807, 2.05) is 0 Å². The molecule has 132 valence electrons. The summed E-state index contributed by atoms with van der Waals surface area (Å²) >= 11 is 0. The number of hydrogen-bond acceptors (Lipinski definition) is 0. The fourth-order valence-electron chi connectivity index (χ4n) is 4.50. The Bertz CT molecular complexity index is 774. The average molecular weight is 333 g/mol. The Balaban J connectivity index is 2.42. The Morgan fingerprint density at radius 1 is 0.680 bits per heavy atom. The molecule has 0 heterocycles. The molecule has 0 radical (unpaired) electrons. The van der Waals surface area contributed by atoms with E-state index in [0.717, 1.165) is 6.42 Å². The van der Waals surface area contributed by atoms with Crippen molar-refractivity contribution in [1.29, 1.82) is 0 Å². The maximum absolute atomic E-state index is 2.37. The Morgan fingerprint density at radius 3 is 1.80 bits per heavy atom. The normalized spacial score (nSPS) is 20.4. The lowest BCUT2D eigenvalue weighted by Gasteiger charge is -2.33. The lowest BCUT2D eigenvalue weighted by molar-refractivity contribution is 0.493. The number of rotatable bonds is 3. The summed E-state index contributed by atoms with van der Waals surface area (Å²) in [7, 11) is 0. The molecule has 0 N–H and O–H groups in total. The summed E-state index contributed by atoms with van der Waals surface area (Å²) in [4.78, 5) is 0. The molecule has 3 rings (SSSR count). The quantitative estimate of drug-likeness (QED) is 0.557. The summed E-state index contributed by atoms with van der Waals surface area (Å²) < 4.78 is 0. The summed E-state index contributed by atoms with van der Waals surface area (Å²) in [6.45, 7) is 14.1. The van der Waals surface area contributed by atoms with E-state index in [-0.39, 0.29) is 0 Å². The van der Waals surface area contributed by atoms with Gasteiger partial charge < -0.3 is 0 Å². The molecule has 2 aromatic rings. The van der Waals surface area contributed by atoms with Gasteiger partial charge in [-0.1, -0.05) is 90.1 Å². The van der Waals surface area contributed by atoms with Gasteiger partial charge in [-0.3, -0.25) is 0 Å². The van der Waals surface area contributed by atoms with Gasteiger partial charge in [0.05, 0.1) is 0 Å². The van der Waals surface area contributed by atoms with Crippen LogP contribution < -0.4 is 0 Å². The fraction of sp³-hybridized carbons (Fsp3) is 0.440. The van der Waals surface area contributed by atoms with Crippen LogP contribution in [0.2, 0.25) is 0 Å². The second-order valence-electron chi connectivity index (χ2n) is 8.44. The minimum atomic E-state index is 0.512. The van der Waals surface area contributed by atoms with Crippen molar-refractivity contribution in [2.45, 2.75) is 53.9 Å². The van der Waals surface area contributed by atoms with Gasteiger partial charge in [0.2, 0.25) is 0 Å². The van der Waals surface area contributed by atoms with Gasteiger partial charge in [0.25, 0.3) is 0 Å². The van der Waals surface area contributed by atoms with Crippen LogP contribution in [0.15, 0.2) is 48.5 Å². The molecule has 0 aromatic heterocycles. The molecule has 1 unspecified atom stereocenters. The average Bonchev–Trinajstić information content (AvgIpc) is 2.55. The minimum absolute atomic E-state index is 0.512. The van der Waals surface area contributed by atoms with Gasteiger partial charge in [-0.25, -0.2) is 0 Å². The topological polar surface area (TPSA) is 0 Å². The highest BCUT2D eigenvalue weighted by Crippen LogP contribution is 2.45. The molecule has 0 fully saturated rings. The summed E-state index contributed by atoms with van der Waals surface area (Å²) in [5.74, 6) is 2.22. The molecule has 1 aliphatic rings. The van der Waals surface area contributed by atoms with Crippen LogP contribution >= 0.6 is 0 Å². The van der Waals surface area contributed by atoms with E-state index < -0.39 is 0 Å². The van der Waals surface area contributed by atoms with Crippen molar-refractivity contribution in [3.63, 3.8) is 0 Å². The molecule has 2 aromatic carbocycles. The monoisotopic (exact) mass is 332 g/mol. The first-order chi connectivity index (χ1) is 11.9. The fourth-order valence-corrected chi connectivity index (χ4v) is 4.50. The highest BCUT2D eigenvalue weighted by molar-refractivity contribution is 5.94. The molecule has 25 heavy (non-hydrogen) atoms. The van der Waals surface area contributed by atoms with E-state index in [0.29, 0.717) is 23.7 Å². The van der Waals surface area contributed by atoms with Crippen LogP contribution in [0.25, 0.3) is 11.1 Å². The molecule has 1 atom stereocenters. The van der Waals surface area contributed by atoms with Crippen molar-refractivity contribution >= 4 is 11.1 Å². The molecule has 0 bridgehead atoms. The summed E-state index contributed by atoms with van der Waals surface area (Å²) in [5.41, 5.74) is 9.09. The molecule has 0 nitrogen and oxygen atoms in total. The molecule has 0 saturated heterocycles. The third-order valence-corrected chi connectivity index (χ3v) is 5.65. The molecule has 0 spiro atoms. The van der Waals surface area contributed by atoms with Gasteiger partial charge in [0.15, 0.2) is 0 Å². The summed E-state index contributed by atoms with van der Waals surface area (Å²) in [5, 5.41) is 0. The number of allylic oxidation sites excluding steroid dienone is 2. The predicted molar refractivity (Wildman–Crippen MR) is 111 cm³/mol. The molecule has 1 aliphatic carbocycles. The van der Waals surface area contributed by atoms with Crippen LogP contribution in [0.4, 0.5) is 0 Å². The van der Waals surface area contributed by atoms with Crippen molar-refractivity contribution in [3.05, 3.63) is 70.8 Å². The van der Waals surface area contributed by atoms with Crippen LogP contribution in [0, 0.1) is 17.8 Å². The zero-order valence-electron chi connectivity index (χ0n) is 16.6. The maximum atomic E-state index is 2.37. The van der Waals surface area contributed by atoms with E-state index in [9.17, 15) is 0 Å². The largest absolute Gasteiger partial charge is 0.0622 e. The van der Waals surface area contributed by atoms with Crippen molar-refractivity contribution in [2.75, 3.05) is 0 Å². The highest BCUT2D eigenvalue weighted by Gasteiger charge is 2.28. The summed E-state index contributed by atoms with van der Waals surface area (Å²) in [6.07, 6.45) is 1.13. The second-order valence-corrected chi connectivity index (χ2v) is 8.44. The van der Waals surface area contributed by atoms with E-state index >= 15 is 0 Å². The van der Waals surface area contributed by atoms with Crippen LogP contribution in [-0.2, 0) is 6.42 Å². The summed E-state index contributed by atoms with van der Waals surface area (Å²) in [6, 6.07) is 18.3. The highest BCUT2D eigenvalue weighted by atomic mass is 14.3. The van der Waals surface area contributed by atoms with Crippen molar-refractivity contribution in [1.82, 2.24) is 0 Å². The van der Waals surface area contributed by atoms with Gasteiger partial charge in [-0.05, 0) is 63.5 Å². The first kappa shape index (κ1) is 18.0. The van der Waals surface area contributed by atoms with E-state index in [2.05, 4.69) is 90.1 Å². The molecule has 0 saturated carbocycles. The molecule has 0 heteroatoms. The number of hydrogen-bond donors (Lipinski definition) is 0. The van der Waals surface area contributed by atoms with E-state index in [4.69, 9.17) is 0 Å². The smallest absolute Gasteiger partial charge is 0.00921 e. The Hall–Kier alpha value is -1.82. The van der Waals surface area contributed by atoms with Crippen molar-refractivity contribution in [3.8, 4) is 0 Å². The van der Waals surface area contributed by atoms with Crippen LogP contribution in [0.3, 0.4) is 0 Å². The lowest BCUT2D eigenvalue weighted by Crippen LogP contribution is -2.18. The van der Waals surface area contributed by atoms with E-state index in [1.165, 1.54) is 22.3 Å². The molecular formula is C25H32. The number of fused-ring (bicyclic) bond motifs is 2. The Morgan fingerprint density at radius 2 is 1.20 bits per heavy atom. The molecule has 0 aliphatic heterocycles. The van der Waals surface area contributed by atoms with Crippen LogP contribution in [0.1, 0.15) is 69.7 Å². The Labute approximate surface area is 154 Å². The van der Waals surface area contributed by atoms with Gasteiger partial charge >= 0.3 is 0 Å².